The first-order chi connectivity index (χ1) is 10.3. The highest BCUT2D eigenvalue weighted by Gasteiger charge is 2.41. The minimum absolute atomic E-state index is 0.0195. The van der Waals surface area contributed by atoms with Crippen molar-refractivity contribution < 1.29 is 19.8 Å². The van der Waals surface area contributed by atoms with E-state index in [1.165, 1.54) is 0 Å². The van der Waals surface area contributed by atoms with E-state index >= 15 is 0 Å². The number of carboxylic acid groups (broad SMARTS) is 2. The second-order valence-electron chi connectivity index (χ2n) is 5.73. The fourth-order valence-corrected chi connectivity index (χ4v) is 2.81. The Hall–Kier alpha value is -1.96. The van der Waals surface area contributed by atoms with E-state index in [1.807, 2.05) is 18.2 Å². The van der Waals surface area contributed by atoms with Crippen LogP contribution in [0.15, 0.2) is 24.3 Å². The summed E-state index contributed by atoms with van der Waals surface area (Å²) in [6.45, 7) is 0.622. The van der Waals surface area contributed by atoms with Crippen molar-refractivity contribution in [2.24, 2.45) is 11.5 Å². The fourth-order valence-electron chi connectivity index (χ4n) is 2.81. The van der Waals surface area contributed by atoms with Gasteiger partial charge in [0.2, 0.25) is 0 Å². The van der Waals surface area contributed by atoms with Crippen molar-refractivity contribution in [1.29, 1.82) is 0 Å². The first kappa shape index (κ1) is 16.4. The van der Waals surface area contributed by atoms with E-state index in [2.05, 4.69) is 5.32 Å². The molecule has 120 valence electrons. The Labute approximate surface area is 128 Å². The maximum atomic E-state index is 11.0. The quantitative estimate of drug-likeness (QED) is 0.502. The normalized spacial score (nSPS) is 29.4. The number of nitrogens with two attached hydrogens (primary N) is 2. The Morgan fingerprint density at radius 1 is 1.27 bits per heavy atom. The van der Waals surface area contributed by atoms with E-state index in [1.54, 1.807) is 6.07 Å². The van der Waals surface area contributed by atoms with E-state index in [4.69, 9.17) is 21.7 Å². The Morgan fingerprint density at radius 2 is 1.95 bits per heavy atom. The SMILES string of the molecule is NC1(C(=O)O)CCc2ccccc21.NC1CNC(C(=O)O)C1. The van der Waals surface area contributed by atoms with Gasteiger partial charge in [-0.05, 0) is 30.4 Å². The molecule has 1 heterocycles. The van der Waals surface area contributed by atoms with Crippen LogP contribution in [0.2, 0.25) is 0 Å². The lowest BCUT2D eigenvalue weighted by Gasteiger charge is -2.19. The van der Waals surface area contributed by atoms with E-state index < -0.39 is 23.5 Å². The molecule has 0 bridgehead atoms. The summed E-state index contributed by atoms with van der Waals surface area (Å²) in [4.78, 5) is 21.2. The molecule has 3 unspecified atom stereocenters. The molecule has 7 N–H and O–H groups in total. The maximum absolute atomic E-state index is 11.0. The van der Waals surface area contributed by atoms with Crippen LogP contribution < -0.4 is 16.8 Å². The second-order valence-corrected chi connectivity index (χ2v) is 5.73. The first-order valence-corrected chi connectivity index (χ1v) is 7.17. The third-order valence-electron chi connectivity index (χ3n) is 4.13. The van der Waals surface area contributed by atoms with Crippen LogP contribution in [0.25, 0.3) is 0 Å². The van der Waals surface area contributed by atoms with E-state index in [0.717, 1.165) is 17.5 Å². The monoisotopic (exact) mass is 307 g/mol. The zero-order valence-electron chi connectivity index (χ0n) is 12.2. The van der Waals surface area contributed by atoms with Crippen LogP contribution in [-0.4, -0.2) is 40.8 Å². The molecule has 3 atom stereocenters. The largest absolute Gasteiger partial charge is 0.480 e. The number of fused-ring (bicyclic) bond motifs is 1. The Bertz CT molecular complexity index is 578. The molecule has 1 aromatic carbocycles. The molecule has 1 aliphatic heterocycles. The summed E-state index contributed by atoms with van der Waals surface area (Å²) in [5, 5.41) is 20.2. The predicted octanol–water partition coefficient (Wildman–Crippen LogP) is -0.368. The summed E-state index contributed by atoms with van der Waals surface area (Å²) < 4.78 is 0. The van der Waals surface area contributed by atoms with Gasteiger partial charge < -0.3 is 27.0 Å². The minimum Gasteiger partial charge on any atom is -0.480 e. The zero-order valence-corrected chi connectivity index (χ0v) is 12.2. The van der Waals surface area contributed by atoms with Crippen molar-refractivity contribution in [1.82, 2.24) is 5.32 Å². The number of carboxylic acids is 2. The van der Waals surface area contributed by atoms with Gasteiger partial charge in [-0.15, -0.1) is 0 Å². The van der Waals surface area contributed by atoms with Gasteiger partial charge in [0, 0.05) is 12.6 Å². The fraction of sp³-hybridized carbons (Fsp3) is 0.467. The van der Waals surface area contributed by atoms with Gasteiger partial charge >= 0.3 is 11.9 Å². The van der Waals surface area contributed by atoms with Gasteiger partial charge in [-0.1, -0.05) is 24.3 Å². The van der Waals surface area contributed by atoms with Gasteiger partial charge in [0.25, 0.3) is 0 Å². The molecule has 3 rings (SSSR count). The van der Waals surface area contributed by atoms with Crippen LogP contribution in [0.1, 0.15) is 24.0 Å². The molecule has 2 aliphatic rings. The Morgan fingerprint density at radius 3 is 2.45 bits per heavy atom. The molecular formula is C15H21N3O4. The summed E-state index contributed by atoms with van der Waals surface area (Å²) in [5.74, 6) is -1.74. The molecule has 7 heteroatoms. The lowest BCUT2D eigenvalue weighted by Crippen LogP contribution is -2.42. The van der Waals surface area contributed by atoms with Crippen molar-refractivity contribution in [3.8, 4) is 0 Å². The van der Waals surface area contributed by atoms with Crippen molar-refractivity contribution >= 4 is 11.9 Å². The van der Waals surface area contributed by atoms with Gasteiger partial charge in [0.05, 0.1) is 0 Å². The summed E-state index contributed by atoms with van der Waals surface area (Å²) in [5.41, 5.74) is 11.9. The molecule has 0 amide bonds. The highest BCUT2D eigenvalue weighted by molar-refractivity contribution is 5.82. The van der Waals surface area contributed by atoms with E-state index in [-0.39, 0.29) is 6.04 Å². The van der Waals surface area contributed by atoms with Gasteiger partial charge in [-0.2, -0.15) is 0 Å². The number of rotatable bonds is 2. The molecule has 22 heavy (non-hydrogen) atoms. The second kappa shape index (κ2) is 6.43. The predicted molar refractivity (Wildman–Crippen MR) is 80.3 cm³/mol. The third-order valence-corrected chi connectivity index (χ3v) is 4.13. The van der Waals surface area contributed by atoms with Gasteiger partial charge in [-0.3, -0.25) is 4.79 Å². The lowest BCUT2D eigenvalue weighted by atomic mass is 9.93. The zero-order chi connectivity index (χ0) is 16.3. The van der Waals surface area contributed by atoms with E-state index in [0.29, 0.717) is 19.4 Å². The molecule has 0 radical (unpaired) electrons. The van der Waals surface area contributed by atoms with Crippen molar-refractivity contribution in [2.75, 3.05) is 6.54 Å². The van der Waals surface area contributed by atoms with Gasteiger partial charge in [0.1, 0.15) is 11.6 Å². The molecule has 1 saturated heterocycles. The number of hydrogen-bond donors (Lipinski definition) is 5. The van der Waals surface area contributed by atoms with Crippen molar-refractivity contribution in [2.45, 2.75) is 36.9 Å². The van der Waals surface area contributed by atoms with Crippen LogP contribution in [0.3, 0.4) is 0 Å². The molecule has 1 aliphatic carbocycles. The summed E-state index contributed by atoms with van der Waals surface area (Å²) in [7, 11) is 0. The van der Waals surface area contributed by atoms with Crippen LogP contribution in [0.4, 0.5) is 0 Å². The summed E-state index contributed by atoms with van der Waals surface area (Å²) in [6.07, 6.45) is 1.82. The maximum Gasteiger partial charge on any atom is 0.328 e. The number of aliphatic carboxylic acids is 2. The van der Waals surface area contributed by atoms with Gasteiger partial charge in [-0.25, -0.2) is 4.79 Å². The molecule has 1 fully saturated rings. The molecule has 0 spiro atoms. The summed E-state index contributed by atoms with van der Waals surface area (Å²) >= 11 is 0. The van der Waals surface area contributed by atoms with Crippen LogP contribution in [0, 0.1) is 0 Å². The Kier molecular flexibility index (Phi) is 4.80. The smallest absolute Gasteiger partial charge is 0.328 e. The van der Waals surface area contributed by atoms with Crippen LogP contribution in [0.5, 0.6) is 0 Å². The molecular weight excluding hydrogens is 286 g/mol. The number of nitrogens with one attached hydrogen (secondary N) is 1. The molecule has 1 aromatic rings. The van der Waals surface area contributed by atoms with Crippen LogP contribution in [-0.2, 0) is 21.5 Å². The number of carbonyl (C=O) groups is 2. The molecule has 0 aromatic heterocycles. The van der Waals surface area contributed by atoms with Crippen LogP contribution >= 0.6 is 0 Å². The topological polar surface area (TPSA) is 139 Å². The lowest BCUT2D eigenvalue weighted by molar-refractivity contribution is -0.143. The highest BCUT2D eigenvalue weighted by Crippen LogP contribution is 2.34. The average Bonchev–Trinajstić information content (AvgIpc) is 3.06. The number of benzene rings is 1. The number of hydrogen-bond acceptors (Lipinski definition) is 5. The van der Waals surface area contributed by atoms with E-state index in [9.17, 15) is 9.59 Å². The first-order valence-electron chi connectivity index (χ1n) is 7.17. The highest BCUT2D eigenvalue weighted by atomic mass is 16.4. The third kappa shape index (κ3) is 3.27. The van der Waals surface area contributed by atoms with Crippen molar-refractivity contribution in [3.05, 3.63) is 35.4 Å². The average molecular weight is 307 g/mol. The van der Waals surface area contributed by atoms with Crippen molar-refractivity contribution in [3.63, 3.8) is 0 Å². The van der Waals surface area contributed by atoms with Gasteiger partial charge in [0.15, 0.2) is 0 Å². The molecule has 7 nitrogen and oxygen atoms in total. The minimum atomic E-state index is -1.16. The standard InChI is InChI=1S/C10H11NO2.C5H10N2O2/c11-10(9(12)13)6-5-7-3-1-2-4-8(7)10;6-3-1-4(5(8)9)7-2-3/h1-4H,5-6,11H2,(H,12,13);3-4,7H,1-2,6H2,(H,8,9). The number of aryl methyl sites for hydroxylation is 1. The summed E-state index contributed by atoms with van der Waals surface area (Å²) in [6, 6.07) is 7.08. The Balaban J connectivity index is 0.000000172. The molecule has 0 saturated carbocycles.